The van der Waals surface area contributed by atoms with Crippen molar-refractivity contribution in [2.75, 3.05) is 14.2 Å². The lowest BCUT2D eigenvalue weighted by Crippen LogP contribution is -1.92. The third kappa shape index (κ3) is 1.70. The highest BCUT2D eigenvalue weighted by Crippen LogP contribution is 2.39. The standard InChI is InChI=1S/C18H14N2O2/c1-21-16-7-13-11-5-3-4-6-12(11)18-15(9-19-10-20-18)14(13)8-17(16)22-2/h3-10H,1-2H3. The molecule has 4 rings (SSSR count). The molecule has 0 saturated carbocycles. The molecular weight excluding hydrogens is 276 g/mol. The van der Waals surface area contributed by atoms with Crippen LogP contribution >= 0.6 is 0 Å². The second-order valence-electron chi connectivity index (χ2n) is 5.08. The van der Waals surface area contributed by atoms with Gasteiger partial charge in [-0.2, -0.15) is 0 Å². The number of benzene rings is 3. The summed E-state index contributed by atoms with van der Waals surface area (Å²) in [4.78, 5) is 8.66. The Balaban J connectivity index is 2.32. The Morgan fingerprint density at radius 2 is 1.41 bits per heavy atom. The molecule has 4 nitrogen and oxygen atoms in total. The minimum atomic E-state index is 0.704. The molecule has 0 atom stereocenters. The minimum Gasteiger partial charge on any atom is -0.493 e. The van der Waals surface area contributed by atoms with Crippen molar-refractivity contribution in [3.05, 3.63) is 48.9 Å². The van der Waals surface area contributed by atoms with E-state index in [-0.39, 0.29) is 0 Å². The summed E-state index contributed by atoms with van der Waals surface area (Å²) in [5.41, 5.74) is 0.949. The highest BCUT2D eigenvalue weighted by atomic mass is 16.5. The highest BCUT2D eigenvalue weighted by molar-refractivity contribution is 6.24. The number of ether oxygens (including phenoxy) is 2. The number of methoxy groups -OCH3 is 2. The summed E-state index contributed by atoms with van der Waals surface area (Å²) in [5, 5.41) is 5.43. The topological polar surface area (TPSA) is 44.2 Å². The van der Waals surface area contributed by atoms with Crippen molar-refractivity contribution >= 4 is 32.4 Å². The van der Waals surface area contributed by atoms with Crippen LogP contribution in [0.4, 0.5) is 0 Å². The molecule has 0 aliphatic rings. The van der Waals surface area contributed by atoms with E-state index >= 15 is 0 Å². The van der Waals surface area contributed by atoms with Crippen molar-refractivity contribution in [1.29, 1.82) is 0 Å². The maximum atomic E-state index is 5.45. The van der Waals surface area contributed by atoms with Crippen LogP contribution < -0.4 is 9.47 Å². The summed E-state index contributed by atoms with van der Waals surface area (Å²) >= 11 is 0. The van der Waals surface area contributed by atoms with Gasteiger partial charge in [0.1, 0.15) is 6.33 Å². The first-order chi connectivity index (χ1) is 10.8. The first kappa shape index (κ1) is 12.8. The van der Waals surface area contributed by atoms with E-state index < -0.39 is 0 Å². The van der Waals surface area contributed by atoms with E-state index in [1.807, 2.05) is 30.5 Å². The Hall–Kier alpha value is -2.88. The highest BCUT2D eigenvalue weighted by Gasteiger charge is 2.13. The molecule has 1 aromatic heterocycles. The van der Waals surface area contributed by atoms with E-state index in [1.165, 1.54) is 0 Å². The van der Waals surface area contributed by atoms with Crippen molar-refractivity contribution in [2.45, 2.75) is 0 Å². The number of hydrogen-bond donors (Lipinski definition) is 0. The molecule has 0 unspecified atom stereocenters. The Bertz CT molecular complexity index is 930. The average Bonchev–Trinajstić information content (AvgIpc) is 2.60. The monoisotopic (exact) mass is 290 g/mol. The van der Waals surface area contributed by atoms with E-state index in [2.05, 4.69) is 22.1 Å². The van der Waals surface area contributed by atoms with Gasteiger partial charge in [0.15, 0.2) is 11.5 Å². The third-order valence-electron chi connectivity index (χ3n) is 4.00. The van der Waals surface area contributed by atoms with Crippen molar-refractivity contribution in [2.24, 2.45) is 0 Å². The number of aromatic nitrogens is 2. The zero-order valence-corrected chi connectivity index (χ0v) is 12.3. The number of hydrogen-bond acceptors (Lipinski definition) is 4. The van der Waals surface area contributed by atoms with Crippen molar-refractivity contribution in [3.63, 3.8) is 0 Å². The first-order valence-electron chi connectivity index (χ1n) is 6.99. The average molecular weight is 290 g/mol. The van der Waals surface area contributed by atoms with Gasteiger partial charge in [0.2, 0.25) is 0 Å². The minimum absolute atomic E-state index is 0.704. The lowest BCUT2D eigenvalue weighted by molar-refractivity contribution is 0.356. The molecule has 3 aromatic carbocycles. The van der Waals surface area contributed by atoms with Crippen LogP contribution in [0.2, 0.25) is 0 Å². The molecule has 1 heterocycles. The molecule has 22 heavy (non-hydrogen) atoms. The normalized spacial score (nSPS) is 11.2. The van der Waals surface area contributed by atoms with Gasteiger partial charge >= 0.3 is 0 Å². The van der Waals surface area contributed by atoms with Gasteiger partial charge in [0.05, 0.1) is 19.7 Å². The van der Waals surface area contributed by atoms with Crippen LogP contribution in [0.3, 0.4) is 0 Å². The first-order valence-corrected chi connectivity index (χ1v) is 6.99. The van der Waals surface area contributed by atoms with Gasteiger partial charge < -0.3 is 9.47 Å². The molecule has 4 aromatic rings. The lowest BCUT2D eigenvalue weighted by atomic mass is 9.97. The van der Waals surface area contributed by atoms with Crippen LogP contribution in [0.1, 0.15) is 0 Å². The zero-order chi connectivity index (χ0) is 15.1. The predicted octanol–water partition coefficient (Wildman–Crippen LogP) is 3.95. The fourth-order valence-corrected chi connectivity index (χ4v) is 2.99. The summed E-state index contributed by atoms with van der Waals surface area (Å²) in [6.45, 7) is 0. The predicted molar refractivity (Wildman–Crippen MR) is 87.7 cm³/mol. The fourth-order valence-electron chi connectivity index (χ4n) is 2.99. The quantitative estimate of drug-likeness (QED) is 0.524. The molecule has 0 N–H and O–H groups in total. The molecule has 0 aliphatic heterocycles. The molecule has 0 fully saturated rings. The molecule has 108 valence electrons. The second-order valence-corrected chi connectivity index (χ2v) is 5.08. The van der Waals surface area contributed by atoms with Gasteiger partial charge in [-0.15, -0.1) is 0 Å². The number of fused-ring (bicyclic) bond motifs is 6. The maximum Gasteiger partial charge on any atom is 0.161 e. The van der Waals surface area contributed by atoms with Crippen molar-refractivity contribution < 1.29 is 9.47 Å². The molecule has 0 bridgehead atoms. The Labute approximate surface area is 127 Å². The van der Waals surface area contributed by atoms with Crippen molar-refractivity contribution in [3.8, 4) is 11.5 Å². The summed E-state index contributed by atoms with van der Waals surface area (Å²) in [5.74, 6) is 1.42. The van der Waals surface area contributed by atoms with Crippen molar-refractivity contribution in [1.82, 2.24) is 9.97 Å². The SMILES string of the molecule is COc1cc2c3ccccc3c3ncncc3c2cc1OC. The van der Waals surface area contributed by atoms with Gasteiger partial charge in [0.25, 0.3) is 0 Å². The summed E-state index contributed by atoms with van der Waals surface area (Å²) in [6, 6.07) is 12.3. The van der Waals surface area contributed by atoms with Crippen LogP contribution in [-0.2, 0) is 0 Å². The third-order valence-corrected chi connectivity index (χ3v) is 4.00. The van der Waals surface area contributed by atoms with Crippen LogP contribution in [-0.4, -0.2) is 24.2 Å². The van der Waals surface area contributed by atoms with Crippen LogP contribution in [0.25, 0.3) is 32.4 Å². The van der Waals surface area contributed by atoms with Gasteiger partial charge in [-0.05, 0) is 28.3 Å². The van der Waals surface area contributed by atoms with E-state index in [1.54, 1.807) is 20.5 Å². The maximum absolute atomic E-state index is 5.45. The molecule has 4 heteroatoms. The molecule has 0 spiro atoms. The summed E-state index contributed by atoms with van der Waals surface area (Å²) in [6.07, 6.45) is 3.43. The lowest BCUT2D eigenvalue weighted by Gasteiger charge is -2.13. The van der Waals surface area contributed by atoms with Gasteiger partial charge in [-0.3, -0.25) is 0 Å². The van der Waals surface area contributed by atoms with Gasteiger partial charge in [0, 0.05) is 17.0 Å². The Morgan fingerprint density at radius 1 is 0.773 bits per heavy atom. The molecule has 0 aliphatic carbocycles. The Kier molecular flexibility index (Phi) is 2.82. The molecule has 0 radical (unpaired) electrons. The summed E-state index contributed by atoms with van der Waals surface area (Å²) in [7, 11) is 3.29. The second kappa shape index (κ2) is 4.84. The number of nitrogens with zero attached hydrogens (tertiary/aromatic N) is 2. The van der Waals surface area contributed by atoms with E-state index in [0.717, 1.165) is 38.2 Å². The largest absolute Gasteiger partial charge is 0.493 e. The van der Waals surface area contributed by atoms with Crippen LogP contribution in [0, 0.1) is 0 Å². The zero-order valence-electron chi connectivity index (χ0n) is 12.3. The number of rotatable bonds is 2. The van der Waals surface area contributed by atoms with Gasteiger partial charge in [-0.1, -0.05) is 24.3 Å². The molecule has 0 amide bonds. The van der Waals surface area contributed by atoms with E-state index in [9.17, 15) is 0 Å². The van der Waals surface area contributed by atoms with Gasteiger partial charge in [-0.25, -0.2) is 9.97 Å². The smallest absolute Gasteiger partial charge is 0.161 e. The molecule has 0 saturated heterocycles. The van der Waals surface area contributed by atoms with Crippen LogP contribution in [0.15, 0.2) is 48.9 Å². The fraction of sp³-hybridized carbons (Fsp3) is 0.111. The van der Waals surface area contributed by atoms with Crippen LogP contribution in [0.5, 0.6) is 11.5 Å². The summed E-state index contributed by atoms with van der Waals surface area (Å²) < 4.78 is 10.9. The van der Waals surface area contributed by atoms with E-state index in [4.69, 9.17) is 9.47 Å². The van der Waals surface area contributed by atoms with E-state index in [0.29, 0.717) is 5.75 Å². The molecular formula is C18H14N2O2. The Morgan fingerprint density at radius 3 is 2.09 bits per heavy atom.